The number of ether oxygens (including phenoxy) is 4. The van der Waals surface area contributed by atoms with Gasteiger partial charge in [-0.15, -0.1) is 24.0 Å². The Kier molecular flexibility index (Phi) is 10.6. The first-order chi connectivity index (χ1) is 12.6. The molecular weight excluding hydrogens is 461 g/mol. The Morgan fingerprint density at radius 2 is 1.85 bits per heavy atom. The molecule has 27 heavy (non-hydrogen) atoms. The van der Waals surface area contributed by atoms with Crippen molar-refractivity contribution in [3.8, 4) is 17.2 Å². The van der Waals surface area contributed by atoms with Crippen molar-refractivity contribution < 1.29 is 18.9 Å². The number of hydrogen-bond donors (Lipinski definition) is 1. The zero-order valence-corrected chi connectivity index (χ0v) is 19.2. The van der Waals surface area contributed by atoms with Crippen LogP contribution in [0.15, 0.2) is 17.1 Å². The fourth-order valence-corrected chi connectivity index (χ4v) is 2.70. The molecular formula is C19H32IN3O4. The molecule has 0 aliphatic heterocycles. The first-order valence-corrected chi connectivity index (χ1v) is 8.91. The largest absolute Gasteiger partial charge is 0.493 e. The predicted molar refractivity (Wildman–Crippen MR) is 118 cm³/mol. The second-order valence-corrected chi connectivity index (χ2v) is 6.33. The van der Waals surface area contributed by atoms with Crippen molar-refractivity contribution in [3.63, 3.8) is 0 Å². The molecule has 1 fully saturated rings. The predicted octanol–water partition coefficient (Wildman–Crippen LogP) is 2.76. The average molecular weight is 493 g/mol. The highest BCUT2D eigenvalue weighted by Crippen LogP contribution is 2.39. The molecule has 0 bridgehead atoms. The van der Waals surface area contributed by atoms with Crippen molar-refractivity contribution >= 4 is 29.9 Å². The number of nitrogens with one attached hydrogen (secondary N) is 1. The Bertz CT molecular complexity index is 609. The minimum Gasteiger partial charge on any atom is -0.493 e. The molecule has 1 aromatic rings. The first-order valence-electron chi connectivity index (χ1n) is 8.91. The molecule has 8 heteroatoms. The highest BCUT2D eigenvalue weighted by Gasteiger charge is 2.21. The van der Waals surface area contributed by atoms with Crippen molar-refractivity contribution in [1.29, 1.82) is 0 Å². The summed E-state index contributed by atoms with van der Waals surface area (Å²) in [6.07, 6.45) is 2.62. The summed E-state index contributed by atoms with van der Waals surface area (Å²) in [5.41, 5.74) is 0.963. The zero-order chi connectivity index (χ0) is 18.9. The molecule has 2 rings (SSSR count). The molecule has 1 aliphatic rings. The van der Waals surface area contributed by atoms with E-state index in [1.165, 1.54) is 12.8 Å². The highest BCUT2D eigenvalue weighted by atomic mass is 127. The molecule has 0 atom stereocenters. The Hall–Kier alpha value is -1.42. The van der Waals surface area contributed by atoms with E-state index in [0.717, 1.165) is 30.6 Å². The van der Waals surface area contributed by atoms with Crippen LogP contribution in [0.4, 0.5) is 0 Å². The molecule has 1 saturated carbocycles. The zero-order valence-electron chi connectivity index (χ0n) is 16.9. The van der Waals surface area contributed by atoms with Crippen LogP contribution in [0.3, 0.4) is 0 Å². The van der Waals surface area contributed by atoms with Crippen LogP contribution in [0.25, 0.3) is 0 Å². The van der Waals surface area contributed by atoms with Crippen LogP contribution < -0.4 is 19.5 Å². The molecule has 0 unspecified atom stereocenters. The SMILES string of the molecule is CN=C(NCc1ccc(OC)c(OC)c1OC)N(C)CCOCC1CC1.I. The summed E-state index contributed by atoms with van der Waals surface area (Å²) < 4.78 is 22.0. The van der Waals surface area contributed by atoms with Gasteiger partial charge in [-0.25, -0.2) is 0 Å². The van der Waals surface area contributed by atoms with Gasteiger partial charge in [0.2, 0.25) is 5.75 Å². The lowest BCUT2D eigenvalue weighted by Gasteiger charge is -2.23. The van der Waals surface area contributed by atoms with E-state index in [1.54, 1.807) is 28.4 Å². The van der Waals surface area contributed by atoms with Crippen LogP contribution in [-0.2, 0) is 11.3 Å². The van der Waals surface area contributed by atoms with Gasteiger partial charge in [-0.05, 0) is 30.9 Å². The summed E-state index contributed by atoms with van der Waals surface area (Å²) >= 11 is 0. The fourth-order valence-electron chi connectivity index (χ4n) is 2.70. The third-order valence-electron chi connectivity index (χ3n) is 4.42. The second kappa shape index (κ2) is 12.1. The van der Waals surface area contributed by atoms with E-state index in [-0.39, 0.29) is 24.0 Å². The van der Waals surface area contributed by atoms with E-state index in [2.05, 4.69) is 15.2 Å². The maximum atomic E-state index is 5.70. The van der Waals surface area contributed by atoms with E-state index in [9.17, 15) is 0 Å². The van der Waals surface area contributed by atoms with E-state index in [4.69, 9.17) is 18.9 Å². The Morgan fingerprint density at radius 3 is 2.41 bits per heavy atom. The molecule has 7 nitrogen and oxygen atoms in total. The van der Waals surface area contributed by atoms with Gasteiger partial charge in [0.15, 0.2) is 17.5 Å². The maximum Gasteiger partial charge on any atom is 0.203 e. The topological polar surface area (TPSA) is 64.6 Å². The van der Waals surface area contributed by atoms with Gasteiger partial charge in [0.25, 0.3) is 0 Å². The van der Waals surface area contributed by atoms with Crippen molar-refractivity contribution in [2.75, 3.05) is 55.2 Å². The van der Waals surface area contributed by atoms with E-state index in [1.807, 2.05) is 19.2 Å². The second-order valence-electron chi connectivity index (χ2n) is 6.33. The van der Waals surface area contributed by atoms with Crippen molar-refractivity contribution in [3.05, 3.63) is 17.7 Å². The summed E-state index contributed by atoms with van der Waals surface area (Å²) in [7, 11) is 8.61. The number of methoxy groups -OCH3 is 3. The third-order valence-corrected chi connectivity index (χ3v) is 4.42. The smallest absolute Gasteiger partial charge is 0.203 e. The van der Waals surface area contributed by atoms with Gasteiger partial charge in [0.1, 0.15) is 0 Å². The molecule has 0 saturated heterocycles. The molecule has 0 aromatic heterocycles. The van der Waals surface area contributed by atoms with Gasteiger partial charge in [0, 0.05) is 39.4 Å². The van der Waals surface area contributed by atoms with Gasteiger partial charge in [-0.2, -0.15) is 0 Å². The molecule has 154 valence electrons. The standard InChI is InChI=1S/C19H31N3O4.HI/c1-20-19(22(2)10-11-26-13-14-6-7-14)21-12-15-8-9-16(23-3)18(25-5)17(15)24-4;/h8-9,14H,6-7,10-13H2,1-5H3,(H,20,21);1H. The van der Waals surface area contributed by atoms with Crippen LogP contribution in [0, 0.1) is 5.92 Å². The van der Waals surface area contributed by atoms with Crippen LogP contribution in [0.5, 0.6) is 17.2 Å². The number of likely N-dealkylation sites (N-methyl/N-ethyl adjacent to an activating group) is 1. The third kappa shape index (κ3) is 6.91. The summed E-state index contributed by atoms with van der Waals surface area (Å²) in [6.45, 7) is 2.93. The van der Waals surface area contributed by atoms with Gasteiger partial charge in [-0.1, -0.05) is 0 Å². The number of hydrogen-bond acceptors (Lipinski definition) is 5. The normalized spacial score (nSPS) is 13.6. The summed E-state index contributed by atoms with van der Waals surface area (Å²) in [6, 6.07) is 3.83. The number of halogens is 1. The summed E-state index contributed by atoms with van der Waals surface area (Å²) in [4.78, 5) is 6.40. The quantitative estimate of drug-likeness (QED) is 0.234. The minimum atomic E-state index is 0. The molecule has 0 spiro atoms. The van der Waals surface area contributed by atoms with Crippen LogP contribution in [0.2, 0.25) is 0 Å². The number of benzene rings is 1. The van der Waals surface area contributed by atoms with Gasteiger partial charge >= 0.3 is 0 Å². The number of aliphatic imine (C=N–C) groups is 1. The molecule has 0 amide bonds. The maximum absolute atomic E-state index is 5.70. The molecule has 1 N–H and O–H groups in total. The van der Waals surface area contributed by atoms with Crippen LogP contribution >= 0.6 is 24.0 Å². The van der Waals surface area contributed by atoms with Gasteiger partial charge < -0.3 is 29.2 Å². The Labute approximate surface area is 179 Å². The van der Waals surface area contributed by atoms with E-state index < -0.39 is 0 Å². The summed E-state index contributed by atoms with van der Waals surface area (Å²) in [5.74, 6) is 3.48. The van der Waals surface area contributed by atoms with E-state index in [0.29, 0.717) is 30.4 Å². The monoisotopic (exact) mass is 493 g/mol. The lowest BCUT2D eigenvalue weighted by atomic mass is 10.1. The molecule has 1 aliphatic carbocycles. The fraction of sp³-hybridized carbons (Fsp3) is 0.632. The molecule has 0 radical (unpaired) electrons. The lowest BCUT2D eigenvalue weighted by Crippen LogP contribution is -2.40. The number of rotatable bonds is 10. The van der Waals surface area contributed by atoms with Crippen molar-refractivity contribution in [2.45, 2.75) is 19.4 Å². The first kappa shape index (κ1) is 23.6. The summed E-state index contributed by atoms with van der Waals surface area (Å²) in [5, 5.41) is 3.36. The van der Waals surface area contributed by atoms with Crippen molar-refractivity contribution in [2.24, 2.45) is 10.9 Å². The minimum absolute atomic E-state index is 0. The number of nitrogens with zero attached hydrogens (tertiary/aromatic N) is 2. The van der Waals surface area contributed by atoms with Crippen molar-refractivity contribution in [1.82, 2.24) is 10.2 Å². The number of guanidine groups is 1. The van der Waals surface area contributed by atoms with Crippen LogP contribution in [-0.4, -0.2) is 66.0 Å². The van der Waals surface area contributed by atoms with Gasteiger partial charge in [-0.3, -0.25) is 4.99 Å². The van der Waals surface area contributed by atoms with Crippen LogP contribution in [0.1, 0.15) is 18.4 Å². The van der Waals surface area contributed by atoms with E-state index >= 15 is 0 Å². The molecule has 1 aromatic carbocycles. The highest BCUT2D eigenvalue weighted by molar-refractivity contribution is 14.0. The Morgan fingerprint density at radius 1 is 1.15 bits per heavy atom. The average Bonchev–Trinajstić information content (AvgIpc) is 3.49. The molecule has 0 heterocycles. The van der Waals surface area contributed by atoms with Gasteiger partial charge in [0.05, 0.1) is 27.9 Å². The lowest BCUT2D eigenvalue weighted by molar-refractivity contribution is 0.115. The Balaban J connectivity index is 0.00000364.